The lowest BCUT2D eigenvalue weighted by Gasteiger charge is -2.13. The molecule has 0 aliphatic rings. The number of hydrogen-bond acceptors (Lipinski definition) is 6. The van der Waals surface area contributed by atoms with E-state index in [2.05, 4.69) is 36.2 Å². The Morgan fingerprint density at radius 1 is 1.17 bits per heavy atom. The minimum atomic E-state index is -5.08. The second-order valence-electron chi connectivity index (χ2n) is 6.77. The van der Waals surface area contributed by atoms with Crippen molar-refractivity contribution < 1.29 is 37.7 Å². The summed E-state index contributed by atoms with van der Waals surface area (Å²) in [6, 6.07) is 5.13. The highest BCUT2D eigenvalue weighted by Crippen LogP contribution is 2.27. The highest BCUT2D eigenvalue weighted by Gasteiger charge is 2.38. The highest BCUT2D eigenvalue weighted by atomic mass is 19.4. The molecular formula is C17H21F3N4O5. The van der Waals surface area contributed by atoms with Gasteiger partial charge in [0.2, 0.25) is 5.88 Å². The van der Waals surface area contributed by atoms with Crippen molar-refractivity contribution in [2.45, 2.75) is 32.4 Å². The van der Waals surface area contributed by atoms with Crippen LogP contribution in [0.1, 0.15) is 37.0 Å². The van der Waals surface area contributed by atoms with Gasteiger partial charge in [-0.15, -0.1) is 0 Å². The van der Waals surface area contributed by atoms with E-state index >= 15 is 0 Å². The number of pyridine rings is 1. The lowest BCUT2D eigenvalue weighted by molar-refractivity contribution is -0.192. The Kier molecular flexibility index (Phi) is 7.20. The van der Waals surface area contributed by atoms with Crippen LogP contribution in [0.4, 0.5) is 24.7 Å². The van der Waals surface area contributed by atoms with E-state index in [1.54, 1.807) is 23.9 Å². The molecule has 0 atom stereocenters. The predicted octanol–water partition coefficient (Wildman–Crippen LogP) is 3.20. The predicted molar refractivity (Wildman–Crippen MR) is 96.6 cm³/mol. The van der Waals surface area contributed by atoms with Gasteiger partial charge >= 0.3 is 18.1 Å². The van der Waals surface area contributed by atoms with E-state index in [4.69, 9.17) is 14.6 Å². The molecular weight excluding hydrogens is 397 g/mol. The fourth-order valence-electron chi connectivity index (χ4n) is 1.91. The molecule has 2 aromatic rings. The first kappa shape index (κ1) is 23.7. The first-order valence-corrected chi connectivity index (χ1v) is 8.06. The molecule has 2 aromatic heterocycles. The van der Waals surface area contributed by atoms with Gasteiger partial charge in [-0.25, -0.2) is 14.6 Å². The molecule has 0 saturated carbocycles. The van der Waals surface area contributed by atoms with Crippen LogP contribution < -0.4 is 10.1 Å². The van der Waals surface area contributed by atoms with Gasteiger partial charge in [-0.3, -0.25) is 4.68 Å². The van der Waals surface area contributed by atoms with E-state index < -0.39 is 18.1 Å². The number of ether oxygens (including phenoxy) is 1. The smallest absolute Gasteiger partial charge is 0.481 e. The summed E-state index contributed by atoms with van der Waals surface area (Å²) in [6.07, 6.45) is -5.08. The number of aryl methyl sites for hydroxylation is 1. The molecule has 3 N–H and O–H groups in total. The quantitative estimate of drug-likeness (QED) is 0.691. The van der Waals surface area contributed by atoms with Gasteiger partial charge < -0.3 is 20.3 Å². The van der Waals surface area contributed by atoms with E-state index in [1.165, 1.54) is 7.11 Å². The van der Waals surface area contributed by atoms with Crippen LogP contribution in [-0.4, -0.2) is 50.2 Å². The van der Waals surface area contributed by atoms with Gasteiger partial charge in [0.25, 0.3) is 0 Å². The maximum Gasteiger partial charge on any atom is 0.490 e. The summed E-state index contributed by atoms with van der Waals surface area (Å²) in [4.78, 5) is 24.2. The number of halogens is 3. The standard InChI is InChI=1S/C15H20N4O3.C2HF3O2/c1-15(2,3)10-8-11(19(4)18-10)16-9-6-7-12(22-5)17-13(9)14(20)21;3-2(4,5)1(6)7/h6-8,16H,1-5H3,(H,20,21);(H,6,7). The van der Waals surface area contributed by atoms with Crippen LogP contribution in [0.3, 0.4) is 0 Å². The average molecular weight is 418 g/mol. The number of aromatic nitrogens is 3. The molecule has 0 unspecified atom stereocenters. The van der Waals surface area contributed by atoms with Crippen LogP contribution in [-0.2, 0) is 17.3 Å². The minimum absolute atomic E-state index is 0.0918. The van der Waals surface area contributed by atoms with Crippen LogP contribution in [0.2, 0.25) is 0 Å². The molecule has 0 amide bonds. The molecule has 9 nitrogen and oxygen atoms in total. The maximum atomic E-state index is 11.3. The van der Waals surface area contributed by atoms with Crippen molar-refractivity contribution in [2.75, 3.05) is 12.4 Å². The normalized spacial score (nSPS) is 11.3. The van der Waals surface area contributed by atoms with Crippen molar-refractivity contribution in [3.63, 3.8) is 0 Å². The molecule has 2 rings (SSSR count). The molecule has 160 valence electrons. The van der Waals surface area contributed by atoms with Crippen molar-refractivity contribution in [1.82, 2.24) is 14.8 Å². The van der Waals surface area contributed by atoms with Crippen molar-refractivity contribution in [3.05, 3.63) is 29.6 Å². The molecule has 0 radical (unpaired) electrons. The second kappa shape index (κ2) is 8.80. The molecule has 0 spiro atoms. The number of alkyl halides is 3. The third-order valence-electron chi connectivity index (χ3n) is 3.43. The highest BCUT2D eigenvalue weighted by molar-refractivity contribution is 5.93. The van der Waals surface area contributed by atoms with Gasteiger partial charge in [0.1, 0.15) is 5.82 Å². The minimum Gasteiger partial charge on any atom is -0.481 e. The van der Waals surface area contributed by atoms with E-state index in [-0.39, 0.29) is 17.0 Å². The summed E-state index contributed by atoms with van der Waals surface area (Å²) in [6.45, 7) is 6.20. The van der Waals surface area contributed by atoms with Crippen molar-refractivity contribution in [3.8, 4) is 5.88 Å². The van der Waals surface area contributed by atoms with Crippen LogP contribution >= 0.6 is 0 Å². The lowest BCUT2D eigenvalue weighted by Crippen LogP contribution is -2.21. The van der Waals surface area contributed by atoms with E-state index in [0.29, 0.717) is 11.5 Å². The summed E-state index contributed by atoms with van der Waals surface area (Å²) in [5.41, 5.74) is 1.11. The molecule has 0 bridgehead atoms. The number of nitrogens with zero attached hydrogens (tertiary/aromatic N) is 3. The van der Waals surface area contributed by atoms with Gasteiger partial charge in [-0.1, -0.05) is 20.8 Å². The molecule has 0 aromatic carbocycles. The average Bonchev–Trinajstić information content (AvgIpc) is 2.96. The zero-order valence-electron chi connectivity index (χ0n) is 16.3. The lowest BCUT2D eigenvalue weighted by atomic mass is 9.92. The zero-order valence-corrected chi connectivity index (χ0v) is 16.3. The summed E-state index contributed by atoms with van der Waals surface area (Å²) in [5, 5.41) is 23.9. The summed E-state index contributed by atoms with van der Waals surface area (Å²) in [5.74, 6) is -2.94. The van der Waals surface area contributed by atoms with Crippen LogP contribution in [0.25, 0.3) is 0 Å². The Labute approximate surface area is 164 Å². The number of anilines is 2. The topological polar surface area (TPSA) is 127 Å². The Bertz CT molecular complexity index is 888. The van der Waals surface area contributed by atoms with Gasteiger partial charge in [-0.2, -0.15) is 18.3 Å². The Balaban J connectivity index is 0.000000516. The monoisotopic (exact) mass is 418 g/mol. The number of aromatic carboxylic acids is 1. The van der Waals surface area contributed by atoms with E-state index in [0.717, 1.165) is 5.69 Å². The van der Waals surface area contributed by atoms with Crippen LogP contribution in [0.5, 0.6) is 5.88 Å². The molecule has 12 heteroatoms. The number of carboxylic acid groups (broad SMARTS) is 2. The summed E-state index contributed by atoms with van der Waals surface area (Å²) >= 11 is 0. The van der Waals surface area contributed by atoms with Crippen LogP contribution in [0, 0.1) is 0 Å². The largest absolute Gasteiger partial charge is 0.490 e. The van der Waals surface area contributed by atoms with Gasteiger partial charge in [0.15, 0.2) is 5.69 Å². The number of carboxylic acids is 2. The maximum absolute atomic E-state index is 11.3. The molecule has 0 fully saturated rings. The third-order valence-corrected chi connectivity index (χ3v) is 3.43. The summed E-state index contributed by atoms with van der Waals surface area (Å²) in [7, 11) is 3.24. The van der Waals surface area contributed by atoms with Crippen molar-refractivity contribution in [2.24, 2.45) is 7.05 Å². The number of rotatable bonds is 4. The summed E-state index contributed by atoms with van der Waals surface area (Å²) < 4.78 is 38.4. The Hall–Kier alpha value is -3.31. The molecule has 0 aliphatic carbocycles. The van der Waals surface area contributed by atoms with Crippen LogP contribution in [0.15, 0.2) is 18.2 Å². The van der Waals surface area contributed by atoms with Gasteiger partial charge in [0, 0.05) is 24.6 Å². The zero-order chi connectivity index (χ0) is 22.6. The second-order valence-corrected chi connectivity index (χ2v) is 6.77. The Morgan fingerprint density at radius 3 is 2.10 bits per heavy atom. The first-order chi connectivity index (χ1) is 13.2. The van der Waals surface area contributed by atoms with Crippen molar-refractivity contribution in [1.29, 1.82) is 0 Å². The molecule has 0 saturated heterocycles. The van der Waals surface area contributed by atoms with Crippen molar-refractivity contribution >= 4 is 23.4 Å². The van der Waals surface area contributed by atoms with Gasteiger partial charge in [-0.05, 0) is 6.07 Å². The number of hydrogen-bond donors (Lipinski definition) is 3. The SMILES string of the molecule is COc1ccc(Nc2cc(C(C)(C)C)nn2C)c(C(=O)O)n1.O=C(O)C(F)(F)F. The van der Waals surface area contributed by atoms with E-state index in [9.17, 15) is 23.1 Å². The number of aliphatic carboxylic acids is 1. The molecule has 29 heavy (non-hydrogen) atoms. The van der Waals surface area contributed by atoms with Gasteiger partial charge in [0.05, 0.1) is 18.5 Å². The fourth-order valence-corrected chi connectivity index (χ4v) is 1.91. The fraction of sp³-hybridized carbons (Fsp3) is 0.412. The molecule has 2 heterocycles. The number of methoxy groups -OCH3 is 1. The molecule has 0 aliphatic heterocycles. The Morgan fingerprint density at radius 2 is 1.72 bits per heavy atom. The first-order valence-electron chi connectivity index (χ1n) is 8.06. The number of nitrogens with one attached hydrogen (secondary N) is 1. The van der Waals surface area contributed by atoms with E-state index in [1.807, 2.05) is 6.07 Å². The third kappa shape index (κ3) is 6.66. The number of carbonyl (C=O) groups is 2.